The molecule has 348 valence electrons. The highest BCUT2D eigenvalue weighted by Crippen LogP contribution is 2.52. The maximum atomic E-state index is 7.34. The fraction of sp³-hybridized carbons (Fsp3) is 0.0938. The number of para-hydroxylation sites is 6. The number of ether oxygens (including phenoxy) is 2. The molecule has 0 radical (unpaired) electrons. The normalized spacial score (nSPS) is 18.0. The van der Waals surface area contributed by atoms with Gasteiger partial charge in [0.25, 0.3) is 0 Å². The number of thioether (sulfide) groups is 2. The number of aryl methyl sites for hydroxylation is 4. The Balaban J connectivity index is 0.000000148. The van der Waals surface area contributed by atoms with Crippen molar-refractivity contribution in [1.29, 1.82) is 0 Å². The van der Waals surface area contributed by atoms with Crippen LogP contribution in [0.15, 0.2) is 228 Å². The number of nitrogens with zero attached hydrogens (tertiary/aromatic N) is 4. The summed E-state index contributed by atoms with van der Waals surface area (Å²) in [5.41, 5.74) is 15.8. The predicted molar refractivity (Wildman–Crippen MR) is 295 cm³/mol. The summed E-state index contributed by atoms with van der Waals surface area (Å²) in [5.74, 6) is 1.80. The lowest BCUT2D eigenvalue weighted by Gasteiger charge is -2.32. The molecule has 2 unspecified atom stereocenters. The molecule has 8 heteroatoms. The molecule has 0 amide bonds. The summed E-state index contributed by atoms with van der Waals surface area (Å²) in [4.78, 5) is 2.45. The van der Waals surface area contributed by atoms with Gasteiger partial charge in [0.05, 0.1) is 45.8 Å². The quantitative estimate of drug-likeness (QED) is 0.161. The first-order valence-electron chi connectivity index (χ1n) is 24.3. The lowest BCUT2D eigenvalue weighted by molar-refractivity contribution is -0.770. The molecule has 2 spiro atoms. The predicted octanol–water partition coefficient (Wildman–Crippen LogP) is 14.9. The minimum absolute atomic E-state index is 0.869. The van der Waals surface area contributed by atoms with Crippen molar-refractivity contribution in [3.63, 3.8) is 0 Å². The second kappa shape index (κ2) is 18.6. The first-order valence-corrected chi connectivity index (χ1v) is 25.9. The largest absolute Gasteiger partial charge is 0.584 e. The molecule has 0 N–H and O–H groups in total. The van der Waals surface area contributed by atoms with Gasteiger partial charge in [0.15, 0.2) is 36.4 Å². The van der Waals surface area contributed by atoms with Crippen molar-refractivity contribution in [2.75, 3.05) is 0 Å². The maximum Gasteiger partial charge on any atom is 0.584 e. The molecule has 72 heavy (non-hydrogen) atoms. The van der Waals surface area contributed by atoms with E-state index >= 15 is 0 Å². The molecular weight excluding hydrogens is 921 g/mol. The lowest BCUT2D eigenvalue weighted by Crippen LogP contribution is -2.55. The van der Waals surface area contributed by atoms with E-state index in [2.05, 4.69) is 283 Å². The molecule has 9 aromatic rings. The van der Waals surface area contributed by atoms with Gasteiger partial charge < -0.3 is 9.47 Å². The zero-order valence-corrected chi connectivity index (χ0v) is 42.1. The van der Waals surface area contributed by atoms with E-state index < -0.39 is 10.4 Å². The summed E-state index contributed by atoms with van der Waals surface area (Å²) >= 11 is 3.51. The molecule has 0 aromatic heterocycles. The van der Waals surface area contributed by atoms with Crippen LogP contribution in [-0.4, -0.2) is 53.5 Å². The van der Waals surface area contributed by atoms with Gasteiger partial charge in [-0.15, -0.1) is 0 Å². The Morgan fingerprint density at radius 3 is 1.22 bits per heavy atom. The van der Waals surface area contributed by atoms with Crippen LogP contribution >= 0.6 is 23.5 Å². The average molecular weight is 973 g/mol. The molecule has 9 aromatic carbocycles. The van der Waals surface area contributed by atoms with Crippen molar-refractivity contribution in [1.82, 2.24) is 0 Å². The van der Waals surface area contributed by atoms with Gasteiger partial charge in [-0.1, -0.05) is 170 Å². The third-order valence-electron chi connectivity index (χ3n) is 13.6. The summed E-state index contributed by atoms with van der Waals surface area (Å²) in [6.07, 6.45) is 8.94. The van der Waals surface area contributed by atoms with Crippen LogP contribution in [0.1, 0.15) is 44.5 Å². The molecule has 4 heterocycles. The van der Waals surface area contributed by atoms with E-state index in [1.165, 1.54) is 37.6 Å². The Bertz CT molecular complexity index is 3680. The van der Waals surface area contributed by atoms with Crippen LogP contribution in [0.4, 0.5) is 22.7 Å². The van der Waals surface area contributed by atoms with Crippen LogP contribution < -0.4 is 9.47 Å². The van der Waals surface area contributed by atoms with Crippen LogP contribution in [0.3, 0.4) is 0 Å². The zero-order chi connectivity index (χ0) is 48.8. The second-order valence-corrected chi connectivity index (χ2v) is 20.7. The standard InChI is InChI=1S/C34H26N2OS.C30H26N2OS/c1-25-13-11-17-28-24-36(30-20-9-4-10-21-30)34(38-33(25)28)35(29-18-7-3-8-19-29)23-27-16-12-22-31(32(27)37-34)26-14-5-2-6-15-26;1-21-11-7-8-18-27(21)32-19-24-14-9-12-22(2)28(24)33-30(32)31(26-16-5-4-6-17-26)20-25-15-10-13-23(3)29(25)34-30/h2-24H,1H3;4-20H,1-3H3/q2*+2. The Labute approximate surface area is 429 Å². The van der Waals surface area contributed by atoms with Gasteiger partial charge in [-0.3, -0.25) is 0 Å². The monoisotopic (exact) mass is 972 g/mol. The smallest absolute Gasteiger partial charge is 0.367 e. The van der Waals surface area contributed by atoms with Gasteiger partial charge >= 0.3 is 10.4 Å². The number of rotatable bonds is 5. The highest BCUT2D eigenvalue weighted by atomic mass is 32.2. The summed E-state index contributed by atoms with van der Waals surface area (Å²) in [7, 11) is 0. The molecule has 0 saturated heterocycles. The molecule has 6 nitrogen and oxygen atoms in total. The molecule has 0 fully saturated rings. The summed E-state index contributed by atoms with van der Waals surface area (Å²) < 4.78 is 23.6. The molecule has 4 aliphatic rings. The van der Waals surface area contributed by atoms with E-state index in [4.69, 9.17) is 9.47 Å². The van der Waals surface area contributed by atoms with E-state index in [9.17, 15) is 0 Å². The van der Waals surface area contributed by atoms with Crippen LogP contribution in [0.2, 0.25) is 0 Å². The van der Waals surface area contributed by atoms with Crippen molar-refractivity contribution >= 4 is 71.1 Å². The fourth-order valence-corrected chi connectivity index (χ4v) is 12.7. The Morgan fingerprint density at radius 1 is 0.319 bits per heavy atom. The zero-order valence-electron chi connectivity index (χ0n) is 40.5. The molecule has 2 atom stereocenters. The van der Waals surface area contributed by atoms with E-state index in [-0.39, 0.29) is 0 Å². The average Bonchev–Trinajstić information content (AvgIpc) is 3.42. The van der Waals surface area contributed by atoms with E-state index in [0.717, 1.165) is 62.1 Å². The molecule has 0 saturated carbocycles. The fourth-order valence-electron chi connectivity index (χ4n) is 9.98. The van der Waals surface area contributed by atoms with Crippen molar-refractivity contribution in [2.45, 2.75) is 47.8 Å². The van der Waals surface area contributed by atoms with Crippen molar-refractivity contribution in [3.8, 4) is 22.6 Å². The summed E-state index contributed by atoms with van der Waals surface area (Å²) in [5, 5.41) is -1.80. The van der Waals surface area contributed by atoms with Crippen molar-refractivity contribution < 1.29 is 27.8 Å². The highest BCUT2D eigenvalue weighted by molar-refractivity contribution is 8.00. The van der Waals surface area contributed by atoms with Gasteiger partial charge in [0.1, 0.15) is 0 Å². The van der Waals surface area contributed by atoms with Crippen LogP contribution in [0.5, 0.6) is 11.5 Å². The van der Waals surface area contributed by atoms with Crippen molar-refractivity contribution in [3.05, 3.63) is 263 Å². The van der Waals surface area contributed by atoms with Crippen molar-refractivity contribution in [2.24, 2.45) is 0 Å². The Kier molecular flexibility index (Phi) is 11.7. The van der Waals surface area contributed by atoms with Gasteiger partial charge in [0, 0.05) is 63.4 Å². The van der Waals surface area contributed by atoms with E-state index in [0.29, 0.717) is 0 Å². The molecule has 4 aliphatic heterocycles. The van der Waals surface area contributed by atoms with E-state index in [1.54, 1.807) is 23.5 Å². The van der Waals surface area contributed by atoms with Gasteiger partial charge in [-0.05, 0) is 74.2 Å². The maximum absolute atomic E-state index is 7.34. The van der Waals surface area contributed by atoms with Gasteiger partial charge in [0.2, 0.25) is 22.7 Å². The van der Waals surface area contributed by atoms with Crippen LogP contribution in [0, 0.1) is 27.7 Å². The second-order valence-electron chi connectivity index (χ2n) is 18.4. The lowest BCUT2D eigenvalue weighted by atomic mass is 10.0. The molecular formula is C64H52N4O2S2+4. The number of hydrogen-bond donors (Lipinski definition) is 0. The van der Waals surface area contributed by atoms with Gasteiger partial charge in [-0.25, -0.2) is 0 Å². The first kappa shape index (κ1) is 45.1. The Morgan fingerprint density at radius 2 is 0.694 bits per heavy atom. The summed E-state index contributed by atoms with van der Waals surface area (Å²) in [6.45, 7) is 8.63. The SMILES string of the molecule is Cc1cccc2c1SC1(Oc3c(cccc3-c3ccccc3)C=[N+]1c1ccccc1)[N+](c1ccccc1)=C2.Cc1ccccc1[N+]1=Cc2cccc(C)c2OC12Sc1c(C)cccc1C=[N+]2c1ccccc1. The molecule has 13 rings (SSSR count). The minimum atomic E-state index is -0.931. The Hall–Kier alpha value is -8.04. The third-order valence-corrected chi connectivity index (χ3v) is 16.6. The molecule has 0 bridgehead atoms. The number of benzene rings is 9. The van der Waals surface area contributed by atoms with Crippen LogP contribution in [0.25, 0.3) is 11.1 Å². The first-order chi connectivity index (χ1) is 35.3. The number of fused-ring (bicyclic) bond motifs is 4. The van der Waals surface area contributed by atoms with Gasteiger partial charge in [-0.2, -0.15) is 0 Å². The van der Waals surface area contributed by atoms with E-state index in [1.807, 2.05) is 6.07 Å². The minimum Gasteiger partial charge on any atom is -0.367 e. The molecule has 0 aliphatic carbocycles. The van der Waals surface area contributed by atoms with Crippen LogP contribution in [-0.2, 0) is 0 Å². The highest BCUT2D eigenvalue weighted by Gasteiger charge is 2.65. The number of hydrogen-bond acceptors (Lipinski definition) is 4. The summed E-state index contributed by atoms with van der Waals surface area (Å²) in [6, 6.07) is 76.2. The third kappa shape index (κ3) is 7.88. The topological polar surface area (TPSA) is 30.5 Å².